The van der Waals surface area contributed by atoms with Gasteiger partial charge in [-0.2, -0.15) is 5.10 Å². The molecule has 5 nitrogen and oxygen atoms in total. The van der Waals surface area contributed by atoms with Crippen LogP contribution in [0.4, 0.5) is 0 Å². The summed E-state index contributed by atoms with van der Waals surface area (Å²) >= 11 is 0. The molecule has 0 aliphatic heterocycles. The molecule has 0 N–H and O–H groups in total. The van der Waals surface area contributed by atoms with Crippen molar-refractivity contribution in [3.8, 4) is 34.1 Å². The third-order valence-electron chi connectivity index (χ3n) is 9.27. The molecule has 7 aromatic rings. The number of aromatic nitrogens is 4. The van der Waals surface area contributed by atoms with E-state index in [0.29, 0.717) is 0 Å². The highest BCUT2D eigenvalue weighted by Gasteiger charge is 2.19. The number of hydrogen-bond donors (Lipinski definition) is 0. The maximum Gasteiger partial charge on any atom is 0.137 e. The van der Waals surface area contributed by atoms with Gasteiger partial charge in [-0.25, -0.2) is 9.67 Å². The van der Waals surface area contributed by atoms with Crippen molar-refractivity contribution in [3.05, 3.63) is 131 Å². The predicted octanol–water partition coefficient (Wildman–Crippen LogP) is 11.7. The molecule has 0 spiro atoms. The number of benzene rings is 4. The summed E-state index contributed by atoms with van der Waals surface area (Å²) in [6, 6.07) is 34.6. The number of rotatable bonds is 9. The van der Waals surface area contributed by atoms with Crippen LogP contribution >= 0.6 is 0 Å². The highest BCUT2D eigenvalue weighted by atomic mass is 16.5. The van der Waals surface area contributed by atoms with Crippen LogP contribution in [0, 0.1) is 26.2 Å². The standard InChI is InChI=1S/C44H46N4O/c1-8-9-13-32-23-35(48-31(4)43(30(3)46-48)34-14-11-10-12-15-34)26-37(24-32)49-36-17-18-38-39-25-33(28-44(5,6)7)16-19-40(39)47(41(38)27-36)42-22-29(2)20-21-45-42/h10-12,14-27H,8-9,13,28H2,1-7H3. The fraction of sp³-hybridized carbons (Fsp3) is 0.273. The Balaban J connectivity index is 1.34. The number of pyridine rings is 1. The monoisotopic (exact) mass is 646 g/mol. The van der Waals surface area contributed by atoms with E-state index in [2.05, 4.69) is 149 Å². The minimum atomic E-state index is 0.201. The Kier molecular flexibility index (Phi) is 8.62. The first-order valence-corrected chi connectivity index (χ1v) is 17.5. The lowest BCUT2D eigenvalue weighted by Crippen LogP contribution is -2.08. The lowest BCUT2D eigenvalue weighted by atomic mass is 9.88. The molecule has 0 radical (unpaired) electrons. The first-order valence-electron chi connectivity index (χ1n) is 17.5. The van der Waals surface area contributed by atoms with Gasteiger partial charge < -0.3 is 4.74 Å². The van der Waals surface area contributed by atoms with Gasteiger partial charge in [0.2, 0.25) is 0 Å². The van der Waals surface area contributed by atoms with Crippen LogP contribution in [0.15, 0.2) is 103 Å². The van der Waals surface area contributed by atoms with Crippen LogP contribution in [0.5, 0.6) is 11.5 Å². The molecule has 248 valence electrons. The average molecular weight is 647 g/mol. The quantitative estimate of drug-likeness (QED) is 0.157. The molecule has 5 heteroatoms. The predicted molar refractivity (Wildman–Crippen MR) is 204 cm³/mol. The van der Waals surface area contributed by atoms with E-state index >= 15 is 0 Å². The van der Waals surface area contributed by atoms with Crippen LogP contribution in [0.1, 0.15) is 68.6 Å². The summed E-state index contributed by atoms with van der Waals surface area (Å²) in [4.78, 5) is 4.81. The Hall–Kier alpha value is -5.16. The summed E-state index contributed by atoms with van der Waals surface area (Å²) in [6.45, 7) is 15.5. The first-order chi connectivity index (χ1) is 23.6. The van der Waals surface area contributed by atoms with Crippen molar-refractivity contribution in [2.75, 3.05) is 0 Å². The molecule has 0 amide bonds. The zero-order valence-corrected chi connectivity index (χ0v) is 29.8. The molecule has 0 fully saturated rings. The van der Waals surface area contributed by atoms with Gasteiger partial charge in [0.05, 0.1) is 22.4 Å². The van der Waals surface area contributed by atoms with Crippen molar-refractivity contribution in [3.63, 3.8) is 0 Å². The first kappa shape index (κ1) is 32.4. The largest absolute Gasteiger partial charge is 0.457 e. The van der Waals surface area contributed by atoms with Crippen molar-refractivity contribution < 1.29 is 4.74 Å². The van der Waals surface area contributed by atoms with Crippen LogP contribution in [0.3, 0.4) is 0 Å². The number of fused-ring (bicyclic) bond motifs is 3. The van der Waals surface area contributed by atoms with Gasteiger partial charge in [-0.05, 0) is 116 Å². The minimum absolute atomic E-state index is 0.201. The lowest BCUT2D eigenvalue weighted by molar-refractivity contribution is 0.411. The number of aryl methyl sites for hydroxylation is 3. The molecule has 0 atom stereocenters. The Bertz CT molecular complexity index is 2280. The minimum Gasteiger partial charge on any atom is -0.457 e. The highest BCUT2D eigenvalue weighted by Crippen LogP contribution is 2.37. The van der Waals surface area contributed by atoms with Gasteiger partial charge in [0.15, 0.2) is 0 Å². The van der Waals surface area contributed by atoms with Crippen molar-refractivity contribution in [2.45, 2.75) is 74.1 Å². The van der Waals surface area contributed by atoms with Gasteiger partial charge in [0, 0.05) is 40.4 Å². The van der Waals surface area contributed by atoms with Gasteiger partial charge >= 0.3 is 0 Å². The molecule has 0 saturated heterocycles. The molecule has 0 saturated carbocycles. The fourth-order valence-corrected chi connectivity index (χ4v) is 7.13. The van der Waals surface area contributed by atoms with E-state index in [1.165, 1.54) is 38.6 Å². The number of ether oxygens (including phenoxy) is 1. The number of unbranched alkanes of at least 4 members (excludes halogenated alkanes) is 1. The fourth-order valence-electron chi connectivity index (χ4n) is 7.13. The van der Waals surface area contributed by atoms with Crippen molar-refractivity contribution in [1.82, 2.24) is 19.3 Å². The van der Waals surface area contributed by atoms with E-state index in [1.807, 2.05) is 12.3 Å². The summed E-state index contributed by atoms with van der Waals surface area (Å²) in [7, 11) is 0. The molecule has 7 rings (SSSR count). The highest BCUT2D eigenvalue weighted by molar-refractivity contribution is 6.09. The molecule has 3 heterocycles. The Morgan fingerprint density at radius 1 is 0.735 bits per heavy atom. The van der Waals surface area contributed by atoms with Crippen molar-refractivity contribution >= 4 is 21.8 Å². The molecular weight excluding hydrogens is 601 g/mol. The topological polar surface area (TPSA) is 44.9 Å². The van der Waals surface area contributed by atoms with Crippen molar-refractivity contribution in [1.29, 1.82) is 0 Å². The van der Waals surface area contributed by atoms with Crippen LogP contribution in [0.25, 0.3) is 44.4 Å². The maximum absolute atomic E-state index is 6.76. The Labute approximate surface area is 290 Å². The number of nitrogens with zero attached hydrogens (tertiary/aromatic N) is 4. The van der Waals surface area contributed by atoms with Crippen LogP contribution in [0.2, 0.25) is 0 Å². The van der Waals surface area contributed by atoms with Crippen LogP contribution < -0.4 is 4.74 Å². The second-order valence-corrected chi connectivity index (χ2v) is 14.7. The summed E-state index contributed by atoms with van der Waals surface area (Å²) in [5.41, 5.74) is 11.7. The summed E-state index contributed by atoms with van der Waals surface area (Å²) < 4.78 is 11.1. The van der Waals surface area contributed by atoms with Crippen LogP contribution in [-0.2, 0) is 12.8 Å². The van der Waals surface area contributed by atoms with Gasteiger partial charge in [-0.3, -0.25) is 4.57 Å². The zero-order valence-electron chi connectivity index (χ0n) is 29.8. The average Bonchev–Trinajstić information content (AvgIpc) is 3.55. The third kappa shape index (κ3) is 6.63. The molecule has 0 bridgehead atoms. The number of hydrogen-bond acceptors (Lipinski definition) is 3. The molecule has 0 aliphatic rings. The second kappa shape index (κ2) is 13.0. The van der Waals surface area contributed by atoms with E-state index < -0.39 is 0 Å². The van der Waals surface area contributed by atoms with Gasteiger partial charge in [-0.1, -0.05) is 70.5 Å². The Morgan fingerprint density at radius 3 is 2.31 bits per heavy atom. The van der Waals surface area contributed by atoms with Gasteiger partial charge in [0.1, 0.15) is 17.3 Å². The van der Waals surface area contributed by atoms with E-state index in [9.17, 15) is 0 Å². The second-order valence-electron chi connectivity index (χ2n) is 14.7. The molecule has 4 aromatic carbocycles. The van der Waals surface area contributed by atoms with E-state index in [1.54, 1.807) is 0 Å². The normalized spacial score (nSPS) is 11.9. The summed E-state index contributed by atoms with van der Waals surface area (Å²) in [5.74, 6) is 2.50. The summed E-state index contributed by atoms with van der Waals surface area (Å²) in [6.07, 6.45) is 6.13. The smallest absolute Gasteiger partial charge is 0.137 e. The maximum atomic E-state index is 6.76. The third-order valence-corrected chi connectivity index (χ3v) is 9.27. The zero-order chi connectivity index (χ0) is 34.3. The molecular formula is C44H46N4O. The van der Waals surface area contributed by atoms with Gasteiger partial charge in [-0.15, -0.1) is 0 Å². The molecule has 0 aliphatic carbocycles. The van der Waals surface area contributed by atoms with Crippen molar-refractivity contribution in [2.24, 2.45) is 5.41 Å². The summed E-state index contributed by atoms with van der Waals surface area (Å²) in [5, 5.41) is 7.44. The molecule has 0 unspecified atom stereocenters. The Morgan fingerprint density at radius 2 is 1.55 bits per heavy atom. The SMILES string of the molecule is CCCCc1cc(Oc2ccc3c4cc(CC(C)(C)C)ccc4n(-c4cc(C)ccn4)c3c2)cc(-n2nc(C)c(-c3ccccc3)c2C)c1. The lowest BCUT2D eigenvalue weighted by Gasteiger charge is -2.18. The van der Waals surface area contributed by atoms with E-state index in [0.717, 1.165) is 71.1 Å². The molecule has 49 heavy (non-hydrogen) atoms. The van der Waals surface area contributed by atoms with Crippen LogP contribution in [-0.4, -0.2) is 19.3 Å². The van der Waals surface area contributed by atoms with Gasteiger partial charge in [0.25, 0.3) is 0 Å². The van der Waals surface area contributed by atoms with E-state index in [-0.39, 0.29) is 5.41 Å². The molecule has 3 aromatic heterocycles. The van der Waals surface area contributed by atoms with E-state index in [4.69, 9.17) is 14.8 Å².